The number of rotatable bonds is 11. The number of nitrogens with one attached hydrogen (secondary N) is 2. The molecule has 3 aromatic rings. The number of hydrogen-bond acceptors (Lipinski definition) is 5. The maximum Gasteiger partial charge on any atom is 0.250 e. The van der Waals surface area contributed by atoms with E-state index in [4.69, 9.17) is 0 Å². The molecule has 0 aromatic heterocycles. The van der Waals surface area contributed by atoms with Crippen molar-refractivity contribution in [2.45, 2.75) is 33.0 Å². The summed E-state index contributed by atoms with van der Waals surface area (Å²) in [6.07, 6.45) is 0. The Labute approximate surface area is 220 Å². The first kappa shape index (κ1) is 26.5. The smallest absolute Gasteiger partial charge is 0.250 e. The predicted molar refractivity (Wildman–Crippen MR) is 149 cm³/mol. The van der Waals surface area contributed by atoms with Crippen LogP contribution in [-0.4, -0.2) is 61.1 Å². The summed E-state index contributed by atoms with van der Waals surface area (Å²) in [5.41, 5.74) is 5.50. The van der Waals surface area contributed by atoms with E-state index in [0.717, 1.165) is 16.8 Å². The first-order chi connectivity index (χ1) is 17.9. The van der Waals surface area contributed by atoms with Crippen LogP contribution in [0.1, 0.15) is 25.0 Å². The van der Waals surface area contributed by atoms with Crippen LogP contribution in [0.4, 0.5) is 5.69 Å². The second kappa shape index (κ2) is 12.6. The summed E-state index contributed by atoms with van der Waals surface area (Å²) in [4.78, 5) is 28.0. The fourth-order valence-corrected chi connectivity index (χ4v) is 4.52. The van der Waals surface area contributed by atoms with Gasteiger partial charge in [-0.05, 0) is 34.4 Å². The summed E-state index contributed by atoms with van der Waals surface area (Å²) in [5.74, 6) is -0.139. The zero-order valence-electron chi connectivity index (χ0n) is 22.0. The molecule has 3 aromatic carbocycles. The summed E-state index contributed by atoms with van der Waals surface area (Å²) in [5, 5.41) is 10.2. The van der Waals surface area contributed by atoms with Gasteiger partial charge in [0.25, 0.3) is 5.91 Å². The summed E-state index contributed by atoms with van der Waals surface area (Å²) in [6, 6.07) is 26.8. The Morgan fingerprint density at radius 1 is 0.838 bits per heavy atom. The van der Waals surface area contributed by atoms with Crippen molar-refractivity contribution in [1.82, 2.24) is 20.7 Å². The lowest BCUT2D eigenvalue weighted by Crippen LogP contribution is -2.47. The number of hydrogen-bond donors (Lipinski definition) is 2. The zero-order valence-corrected chi connectivity index (χ0v) is 22.0. The van der Waals surface area contributed by atoms with Gasteiger partial charge in [0, 0.05) is 45.0 Å². The maximum atomic E-state index is 13.3. The highest BCUT2D eigenvalue weighted by Gasteiger charge is 2.25. The van der Waals surface area contributed by atoms with Crippen LogP contribution in [0.15, 0.2) is 78.9 Å². The van der Waals surface area contributed by atoms with Gasteiger partial charge < -0.3 is 10.2 Å². The number of benzene rings is 3. The van der Waals surface area contributed by atoms with E-state index in [1.807, 2.05) is 53.5 Å². The van der Waals surface area contributed by atoms with Crippen molar-refractivity contribution in [2.24, 2.45) is 0 Å². The Kier molecular flexibility index (Phi) is 9.06. The van der Waals surface area contributed by atoms with Crippen molar-refractivity contribution >= 4 is 17.5 Å². The predicted octanol–water partition coefficient (Wildman–Crippen LogP) is 3.66. The molecule has 0 fully saturated rings. The third kappa shape index (κ3) is 7.04. The van der Waals surface area contributed by atoms with Crippen LogP contribution < -0.4 is 15.5 Å². The van der Waals surface area contributed by atoms with Crippen LogP contribution in [0, 0.1) is 0 Å². The monoisotopic (exact) mass is 499 g/mol. The summed E-state index contributed by atoms with van der Waals surface area (Å²) in [7, 11) is 1.79. The molecule has 0 aliphatic carbocycles. The second-order valence-electron chi connectivity index (χ2n) is 9.68. The summed E-state index contributed by atoms with van der Waals surface area (Å²) < 4.78 is 0. The summed E-state index contributed by atoms with van der Waals surface area (Å²) >= 11 is 0. The molecule has 0 saturated carbocycles. The molecule has 37 heavy (non-hydrogen) atoms. The molecule has 2 N–H and O–H groups in total. The molecular formula is C30H37N5O2. The van der Waals surface area contributed by atoms with Crippen LogP contribution in [0.25, 0.3) is 11.1 Å². The van der Waals surface area contributed by atoms with Crippen LogP contribution in [-0.2, 0) is 22.7 Å². The standard InChI is InChI=1S/C30H37N5O2/c1-23(2)32-16-17-35(28-15-9-14-25(18-28)24-10-5-4-6-11-24)30(37)20-31-19-29(36)33(3)34-21-26-12-7-8-13-27(26)22-34/h4-15,18,23,31-32H,16-17,19-22H2,1-3H3. The van der Waals surface area contributed by atoms with Crippen LogP contribution in [0.5, 0.6) is 0 Å². The van der Waals surface area contributed by atoms with E-state index in [9.17, 15) is 9.59 Å². The average Bonchev–Trinajstić information content (AvgIpc) is 3.35. The van der Waals surface area contributed by atoms with Crippen molar-refractivity contribution in [1.29, 1.82) is 0 Å². The third-order valence-electron chi connectivity index (χ3n) is 6.62. The Bertz CT molecular complexity index is 1170. The minimum Gasteiger partial charge on any atom is -0.313 e. The molecular weight excluding hydrogens is 462 g/mol. The SMILES string of the molecule is CC(C)NCCN(C(=O)CNCC(=O)N(C)N1Cc2ccccc2C1)c1cccc(-c2ccccc2)c1. The number of nitrogens with zero attached hydrogens (tertiary/aromatic N) is 3. The molecule has 1 aliphatic rings. The lowest BCUT2D eigenvalue weighted by molar-refractivity contribution is -0.145. The summed E-state index contributed by atoms with van der Waals surface area (Å²) in [6.45, 7) is 6.99. The third-order valence-corrected chi connectivity index (χ3v) is 6.62. The Balaban J connectivity index is 1.36. The topological polar surface area (TPSA) is 67.9 Å². The molecule has 0 spiro atoms. The first-order valence-electron chi connectivity index (χ1n) is 12.9. The number of anilines is 1. The zero-order chi connectivity index (χ0) is 26.2. The van der Waals surface area contributed by atoms with Crippen molar-refractivity contribution in [3.63, 3.8) is 0 Å². The fourth-order valence-electron chi connectivity index (χ4n) is 4.52. The quantitative estimate of drug-likeness (QED) is 0.422. The second-order valence-corrected chi connectivity index (χ2v) is 9.68. The van der Waals surface area contributed by atoms with Gasteiger partial charge in [-0.25, -0.2) is 5.01 Å². The number of amides is 2. The van der Waals surface area contributed by atoms with Gasteiger partial charge in [-0.15, -0.1) is 0 Å². The van der Waals surface area contributed by atoms with Crippen molar-refractivity contribution in [3.8, 4) is 11.1 Å². The van der Waals surface area contributed by atoms with Gasteiger partial charge in [0.15, 0.2) is 0 Å². The molecule has 0 radical (unpaired) electrons. The molecule has 0 atom stereocenters. The van der Waals surface area contributed by atoms with Gasteiger partial charge in [0.2, 0.25) is 5.91 Å². The lowest BCUT2D eigenvalue weighted by Gasteiger charge is -2.28. The van der Waals surface area contributed by atoms with Crippen LogP contribution in [0.2, 0.25) is 0 Å². The first-order valence-corrected chi connectivity index (χ1v) is 12.9. The highest BCUT2D eigenvalue weighted by molar-refractivity contribution is 5.95. The molecule has 2 amide bonds. The molecule has 1 heterocycles. The molecule has 0 bridgehead atoms. The molecule has 194 valence electrons. The van der Waals surface area contributed by atoms with E-state index < -0.39 is 0 Å². The Hall–Kier alpha value is -3.52. The molecule has 0 saturated heterocycles. The maximum absolute atomic E-state index is 13.3. The van der Waals surface area contributed by atoms with Crippen LogP contribution >= 0.6 is 0 Å². The average molecular weight is 500 g/mol. The minimum atomic E-state index is -0.0697. The van der Waals surface area contributed by atoms with E-state index in [0.29, 0.717) is 32.2 Å². The highest BCUT2D eigenvalue weighted by atomic mass is 16.2. The van der Waals surface area contributed by atoms with E-state index in [1.165, 1.54) is 11.1 Å². The van der Waals surface area contributed by atoms with E-state index in [-0.39, 0.29) is 24.9 Å². The van der Waals surface area contributed by atoms with Crippen molar-refractivity contribution < 1.29 is 9.59 Å². The number of carbonyl (C=O) groups excluding carboxylic acids is 2. The largest absolute Gasteiger partial charge is 0.313 e. The van der Waals surface area contributed by atoms with Gasteiger partial charge in [0.1, 0.15) is 0 Å². The normalized spacial score (nSPS) is 13.0. The molecule has 1 aliphatic heterocycles. The fraction of sp³-hybridized carbons (Fsp3) is 0.333. The highest BCUT2D eigenvalue weighted by Crippen LogP contribution is 2.25. The molecule has 0 unspecified atom stereocenters. The molecule has 4 rings (SSSR count). The number of hydrazine groups is 1. The Morgan fingerprint density at radius 2 is 1.46 bits per heavy atom. The Morgan fingerprint density at radius 3 is 2.14 bits per heavy atom. The van der Waals surface area contributed by atoms with Gasteiger partial charge in [-0.1, -0.05) is 80.6 Å². The number of fused-ring (bicyclic) bond motifs is 1. The van der Waals surface area contributed by atoms with Gasteiger partial charge in [0.05, 0.1) is 13.1 Å². The van der Waals surface area contributed by atoms with Crippen molar-refractivity contribution in [3.05, 3.63) is 90.0 Å². The number of carbonyl (C=O) groups is 2. The lowest BCUT2D eigenvalue weighted by atomic mass is 10.0. The molecule has 7 heteroatoms. The van der Waals surface area contributed by atoms with Gasteiger partial charge >= 0.3 is 0 Å². The van der Waals surface area contributed by atoms with Crippen molar-refractivity contribution in [2.75, 3.05) is 38.1 Å². The minimum absolute atomic E-state index is 0.0696. The molecule has 7 nitrogen and oxygen atoms in total. The van der Waals surface area contributed by atoms with Gasteiger partial charge in [-0.3, -0.25) is 19.9 Å². The number of likely N-dealkylation sites (N-methyl/N-ethyl adjacent to an activating group) is 1. The van der Waals surface area contributed by atoms with E-state index in [2.05, 4.69) is 54.8 Å². The van der Waals surface area contributed by atoms with E-state index in [1.54, 1.807) is 17.0 Å². The van der Waals surface area contributed by atoms with Crippen LogP contribution in [0.3, 0.4) is 0 Å². The van der Waals surface area contributed by atoms with Gasteiger partial charge in [-0.2, -0.15) is 0 Å². The van der Waals surface area contributed by atoms with E-state index >= 15 is 0 Å².